The maximum absolute atomic E-state index is 11.8. The molecule has 0 N–H and O–H groups in total. The van der Waals surface area contributed by atoms with Crippen LogP contribution in [-0.4, -0.2) is 43.4 Å². The third-order valence-corrected chi connectivity index (χ3v) is 3.19. The molecule has 0 spiro atoms. The van der Waals surface area contributed by atoms with Gasteiger partial charge in [-0.1, -0.05) is 6.08 Å². The van der Waals surface area contributed by atoms with Gasteiger partial charge in [-0.15, -0.1) is 0 Å². The minimum absolute atomic E-state index is 0.0941. The Bertz CT molecular complexity index is 510. The van der Waals surface area contributed by atoms with Crippen LogP contribution in [0.1, 0.15) is 12.8 Å². The van der Waals surface area contributed by atoms with Crippen molar-refractivity contribution in [1.29, 1.82) is 0 Å². The monoisotopic (exact) mass is 294 g/mol. The van der Waals surface area contributed by atoms with Crippen LogP contribution in [0, 0.1) is 5.92 Å². The highest BCUT2D eigenvalue weighted by atomic mass is 16.5. The Morgan fingerprint density at radius 3 is 2.43 bits per heavy atom. The summed E-state index contributed by atoms with van der Waals surface area (Å²) in [5.41, 5.74) is 0. The SMILES string of the molecule is COC(=O)C1CCC=CC1Oc1nc(OC)cc(OC)n1. The van der Waals surface area contributed by atoms with E-state index in [1.54, 1.807) is 6.07 Å². The maximum atomic E-state index is 11.8. The third kappa shape index (κ3) is 3.62. The molecule has 1 aromatic heterocycles. The number of carbonyl (C=O) groups is 1. The van der Waals surface area contributed by atoms with E-state index in [2.05, 4.69) is 9.97 Å². The second-order valence-electron chi connectivity index (χ2n) is 4.45. The molecule has 1 aliphatic rings. The molecule has 21 heavy (non-hydrogen) atoms. The number of carbonyl (C=O) groups excluding carboxylic acids is 1. The van der Waals surface area contributed by atoms with E-state index in [0.717, 1.165) is 6.42 Å². The summed E-state index contributed by atoms with van der Waals surface area (Å²) in [6, 6.07) is 1.64. The van der Waals surface area contributed by atoms with E-state index in [-0.39, 0.29) is 17.9 Å². The smallest absolute Gasteiger partial charge is 0.323 e. The minimum Gasteiger partial charge on any atom is -0.481 e. The van der Waals surface area contributed by atoms with Gasteiger partial charge >= 0.3 is 12.0 Å². The average molecular weight is 294 g/mol. The molecule has 1 aliphatic carbocycles. The van der Waals surface area contributed by atoms with Gasteiger partial charge in [-0.05, 0) is 18.9 Å². The van der Waals surface area contributed by atoms with Crippen LogP contribution in [0.25, 0.3) is 0 Å². The second kappa shape index (κ2) is 6.92. The summed E-state index contributed by atoms with van der Waals surface area (Å²) >= 11 is 0. The van der Waals surface area contributed by atoms with Gasteiger partial charge in [0.2, 0.25) is 11.8 Å². The molecule has 0 radical (unpaired) electrons. The van der Waals surface area contributed by atoms with Crippen LogP contribution in [0.5, 0.6) is 17.8 Å². The quantitative estimate of drug-likeness (QED) is 0.599. The molecule has 2 unspecified atom stereocenters. The lowest BCUT2D eigenvalue weighted by Crippen LogP contribution is -2.34. The summed E-state index contributed by atoms with van der Waals surface area (Å²) in [6.45, 7) is 0. The molecule has 0 fully saturated rings. The van der Waals surface area contributed by atoms with Gasteiger partial charge in [0.05, 0.1) is 33.3 Å². The van der Waals surface area contributed by atoms with E-state index in [9.17, 15) is 4.79 Å². The average Bonchev–Trinajstić information content (AvgIpc) is 2.54. The molecule has 114 valence electrons. The molecule has 0 saturated carbocycles. The van der Waals surface area contributed by atoms with E-state index in [1.165, 1.54) is 21.3 Å². The molecule has 0 bridgehead atoms. The zero-order chi connectivity index (χ0) is 15.2. The van der Waals surface area contributed by atoms with Gasteiger partial charge in [0.15, 0.2) is 0 Å². The first-order chi connectivity index (χ1) is 10.2. The van der Waals surface area contributed by atoms with Crippen molar-refractivity contribution < 1.29 is 23.7 Å². The van der Waals surface area contributed by atoms with E-state index < -0.39 is 6.10 Å². The Kier molecular flexibility index (Phi) is 4.97. The predicted molar refractivity (Wildman–Crippen MR) is 73.4 cm³/mol. The largest absolute Gasteiger partial charge is 0.481 e. The number of allylic oxidation sites excluding steroid dienone is 1. The van der Waals surface area contributed by atoms with Crippen molar-refractivity contribution in [2.45, 2.75) is 18.9 Å². The van der Waals surface area contributed by atoms with Crippen LogP contribution < -0.4 is 14.2 Å². The Hall–Kier alpha value is -2.31. The molecule has 0 aliphatic heterocycles. The highest BCUT2D eigenvalue weighted by Gasteiger charge is 2.31. The standard InChI is InChI=1S/C14H18N2O5/c1-18-11-8-12(19-2)16-14(15-11)21-10-7-5-4-6-9(10)13(17)20-3/h5,7-10H,4,6H2,1-3H3. The number of rotatable bonds is 5. The zero-order valence-electron chi connectivity index (χ0n) is 12.2. The van der Waals surface area contributed by atoms with Crippen molar-refractivity contribution in [2.75, 3.05) is 21.3 Å². The van der Waals surface area contributed by atoms with Gasteiger partial charge in [-0.2, -0.15) is 9.97 Å². The lowest BCUT2D eigenvalue weighted by molar-refractivity contribution is -0.148. The summed E-state index contributed by atoms with van der Waals surface area (Å²) in [4.78, 5) is 20.0. The number of ether oxygens (including phenoxy) is 4. The van der Waals surface area contributed by atoms with E-state index in [1.807, 2.05) is 12.2 Å². The topological polar surface area (TPSA) is 79.8 Å². The number of methoxy groups -OCH3 is 3. The molecular weight excluding hydrogens is 276 g/mol. The zero-order valence-corrected chi connectivity index (χ0v) is 12.2. The minimum atomic E-state index is -0.469. The highest BCUT2D eigenvalue weighted by molar-refractivity contribution is 5.73. The number of hydrogen-bond donors (Lipinski definition) is 0. The lowest BCUT2D eigenvalue weighted by Gasteiger charge is -2.25. The number of aromatic nitrogens is 2. The Morgan fingerprint density at radius 2 is 1.86 bits per heavy atom. The van der Waals surface area contributed by atoms with Crippen molar-refractivity contribution in [3.05, 3.63) is 18.2 Å². The van der Waals surface area contributed by atoms with Crippen LogP contribution in [0.3, 0.4) is 0 Å². The van der Waals surface area contributed by atoms with Crippen LogP contribution in [0.2, 0.25) is 0 Å². The van der Waals surface area contributed by atoms with Crippen molar-refractivity contribution in [3.63, 3.8) is 0 Å². The molecule has 1 aromatic rings. The summed E-state index contributed by atoms with van der Waals surface area (Å²) in [5, 5.41) is 0. The Labute approximate surface area is 122 Å². The Balaban J connectivity index is 2.20. The number of nitrogens with zero attached hydrogens (tertiary/aromatic N) is 2. The normalized spacial score (nSPS) is 20.7. The fourth-order valence-corrected chi connectivity index (χ4v) is 2.10. The van der Waals surface area contributed by atoms with E-state index >= 15 is 0 Å². The molecule has 1 heterocycles. The third-order valence-electron chi connectivity index (χ3n) is 3.19. The van der Waals surface area contributed by atoms with Gasteiger partial charge in [-0.25, -0.2) is 0 Å². The van der Waals surface area contributed by atoms with Crippen LogP contribution >= 0.6 is 0 Å². The fraction of sp³-hybridized carbons (Fsp3) is 0.500. The van der Waals surface area contributed by atoms with Gasteiger partial charge in [0.25, 0.3) is 0 Å². The fourth-order valence-electron chi connectivity index (χ4n) is 2.10. The second-order valence-corrected chi connectivity index (χ2v) is 4.45. The van der Waals surface area contributed by atoms with Crippen LogP contribution in [0.4, 0.5) is 0 Å². The Morgan fingerprint density at radius 1 is 1.19 bits per heavy atom. The van der Waals surface area contributed by atoms with Crippen LogP contribution in [0.15, 0.2) is 18.2 Å². The molecule has 0 amide bonds. The summed E-state index contributed by atoms with van der Waals surface area (Å²) in [6.07, 6.45) is 4.78. The maximum Gasteiger partial charge on any atom is 0.323 e. The van der Waals surface area contributed by atoms with Gasteiger partial charge in [0.1, 0.15) is 6.10 Å². The van der Waals surface area contributed by atoms with Gasteiger partial charge in [0, 0.05) is 0 Å². The highest BCUT2D eigenvalue weighted by Crippen LogP contribution is 2.26. The summed E-state index contributed by atoms with van der Waals surface area (Å²) < 4.78 is 20.6. The molecular formula is C14H18N2O5. The molecule has 0 saturated heterocycles. The molecule has 2 atom stereocenters. The van der Waals surface area contributed by atoms with Gasteiger partial charge < -0.3 is 18.9 Å². The van der Waals surface area contributed by atoms with Crippen molar-refractivity contribution >= 4 is 5.97 Å². The first-order valence-corrected chi connectivity index (χ1v) is 6.56. The lowest BCUT2D eigenvalue weighted by atomic mass is 9.92. The van der Waals surface area contributed by atoms with Crippen molar-refractivity contribution in [1.82, 2.24) is 9.97 Å². The molecule has 7 heteroatoms. The van der Waals surface area contributed by atoms with Crippen molar-refractivity contribution in [3.8, 4) is 17.8 Å². The van der Waals surface area contributed by atoms with Crippen molar-refractivity contribution in [2.24, 2.45) is 5.92 Å². The molecule has 0 aromatic carbocycles. The number of esters is 1. The first-order valence-electron chi connectivity index (χ1n) is 6.56. The molecule has 7 nitrogen and oxygen atoms in total. The van der Waals surface area contributed by atoms with E-state index in [4.69, 9.17) is 18.9 Å². The number of hydrogen-bond acceptors (Lipinski definition) is 7. The van der Waals surface area contributed by atoms with Crippen LogP contribution in [-0.2, 0) is 9.53 Å². The summed E-state index contributed by atoms with van der Waals surface area (Å²) in [7, 11) is 4.34. The van der Waals surface area contributed by atoms with E-state index in [0.29, 0.717) is 18.2 Å². The molecule has 2 rings (SSSR count). The summed E-state index contributed by atoms with van der Waals surface area (Å²) in [5.74, 6) is -0.0301. The first kappa shape index (κ1) is 15.1. The van der Waals surface area contributed by atoms with Gasteiger partial charge in [-0.3, -0.25) is 4.79 Å². The predicted octanol–water partition coefficient (Wildman–Crippen LogP) is 1.38.